The molecule has 2 heterocycles. The first-order chi connectivity index (χ1) is 17.3. The first-order valence-corrected chi connectivity index (χ1v) is 11.9. The Bertz CT molecular complexity index is 1460. The van der Waals surface area contributed by atoms with E-state index in [0.717, 1.165) is 11.1 Å². The van der Waals surface area contributed by atoms with Crippen molar-refractivity contribution in [2.75, 3.05) is 6.54 Å². The quantitative estimate of drug-likeness (QED) is 0.385. The van der Waals surface area contributed by atoms with E-state index in [0.29, 0.717) is 28.9 Å². The second-order valence-electron chi connectivity index (χ2n) is 8.80. The molecule has 0 saturated heterocycles. The van der Waals surface area contributed by atoms with Crippen LogP contribution in [0.1, 0.15) is 58.8 Å². The van der Waals surface area contributed by atoms with Crippen molar-refractivity contribution in [2.24, 2.45) is 5.73 Å². The van der Waals surface area contributed by atoms with Crippen molar-refractivity contribution >= 4 is 22.9 Å². The van der Waals surface area contributed by atoms with Crippen LogP contribution in [0.25, 0.3) is 11.1 Å². The molecule has 4 rings (SSSR count). The van der Waals surface area contributed by atoms with Crippen molar-refractivity contribution in [1.29, 1.82) is 0 Å². The van der Waals surface area contributed by atoms with Gasteiger partial charge >= 0.3 is 0 Å². The average Bonchev–Trinajstić information content (AvgIpc) is 3.24. The van der Waals surface area contributed by atoms with Gasteiger partial charge in [0.1, 0.15) is 11.2 Å². The van der Waals surface area contributed by atoms with E-state index in [1.807, 2.05) is 56.3 Å². The highest BCUT2D eigenvalue weighted by atomic mass is 16.5. The topological polar surface area (TPSA) is 124 Å². The minimum atomic E-state index is -0.622. The molecule has 9 heteroatoms. The molecular formula is C27H29N5O4. The lowest BCUT2D eigenvalue weighted by Crippen LogP contribution is -2.40. The third-order valence-electron chi connectivity index (χ3n) is 6.17. The van der Waals surface area contributed by atoms with Gasteiger partial charge < -0.3 is 15.2 Å². The second-order valence-corrected chi connectivity index (χ2v) is 8.80. The van der Waals surface area contributed by atoms with E-state index in [1.54, 1.807) is 28.5 Å². The van der Waals surface area contributed by atoms with E-state index in [-0.39, 0.29) is 36.7 Å². The van der Waals surface area contributed by atoms with Gasteiger partial charge in [-0.1, -0.05) is 60.1 Å². The number of carbonyl (C=O) groups excluding carboxylic acids is 2. The third kappa shape index (κ3) is 5.05. The Kier molecular flexibility index (Phi) is 7.28. The number of hydrogen-bond donors (Lipinski definition) is 1. The van der Waals surface area contributed by atoms with E-state index >= 15 is 0 Å². The van der Waals surface area contributed by atoms with E-state index in [4.69, 9.17) is 10.3 Å². The van der Waals surface area contributed by atoms with Gasteiger partial charge in [-0.2, -0.15) is 4.98 Å². The first kappa shape index (κ1) is 24.8. The van der Waals surface area contributed by atoms with Crippen LogP contribution in [0.15, 0.2) is 63.9 Å². The Morgan fingerprint density at radius 2 is 1.86 bits per heavy atom. The molecule has 2 aromatic heterocycles. The Balaban J connectivity index is 1.88. The third-order valence-corrected chi connectivity index (χ3v) is 6.17. The molecule has 0 aliphatic rings. The van der Waals surface area contributed by atoms with E-state index in [9.17, 15) is 14.4 Å². The Labute approximate surface area is 208 Å². The number of rotatable bonds is 9. The monoisotopic (exact) mass is 487 g/mol. The normalized spacial score (nSPS) is 12.0. The SMILES string of the molecule is CCC(c1nc2onc(C)c2c(=O)n1Cc1ccccc1)N(CCC(N)=O)C(=O)c1cccc(C)c1. The van der Waals surface area contributed by atoms with Gasteiger partial charge in [0.05, 0.1) is 18.3 Å². The summed E-state index contributed by atoms with van der Waals surface area (Å²) in [6.45, 7) is 5.83. The summed E-state index contributed by atoms with van der Waals surface area (Å²) in [6.07, 6.45) is 0.413. The van der Waals surface area contributed by atoms with Crippen molar-refractivity contribution in [3.8, 4) is 0 Å². The van der Waals surface area contributed by atoms with E-state index in [2.05, 4.69) is 10.1 Å². The van der Waals surface area contributed by atoms with Gasteiger partial charge in [-0.25, -0.2) is 0 Å². The molecule has 0 bridgehead atoms. The number of amides is 2. The Morgan fingerprint density at radius 1 is 1.11 bits per heavy atom. The summed E-state index contributed by atoms with van der Waals surface area (Å²) in [5, 5.41) is 4.24. The maximum absolute atomic E-state index is 13.7. The summed E-state index contributed by atoms with van der Waals surface area (Å²) in [7, 11) is 0. The fraction of sp³-hybridized carbons (Fsp3) is 0.296. The maximum Gasteiger partial charge on any atom is 0.267 e. The molecule has 36 heavy (non-hydrogen) atoms. The number of primary amides is 1. The number of fused-ring (bicyclic) bond motifs is 1. The van der Waals surface area contributed by atoms with Crippen molar-refractivity contribution < 1.29 is 14.1 Å². The minimum absolute atomic E-state index is 0.0271. The van der Waals surface area contributed by atoms with Gasteiger partial charge in [0.25, 0.3) is 17.2 Å². The van der Waals surface area contributed by atoms with Crippen molar-refractivity contribution in [3.63, 3.8) is 0 Å². The highest BCUT2D eigenvalue weighted by Crippen LogP contribution is 2.27. The van der Waals surface area contributed by atoms with Crippen molar-refractivity contribution in [3.05, 3.63) is 93.2 Å². The molecule has 2 aromatic carbocycles. The number of nitrogens with two attached hydrogens (primary N) is 1. The molecule has 1 unspecified atom stereocenters. The van der Waals surface area contributed by atoms with E-state index in [1.165, 1.54) is 0 Å². The van der Waals surface area contributed by atoms with Gasteiger partial charge in [-0.15, -0.1) is 0 Å². The zero-order chi connectivity index (χ0) is 25.8. The van der Waals surface area contributed by atoms with Crippen LogP contribution in [-0.2, 0) is 11.3 Å². The second kappa shape index (κ2) is 10.6. The molecule has 4 aromatic rings. The smallest absolute Gasteiger partial charge is 0.267 e. The highest BCUT2D eigenvalue weighted by Gasteiger charge is 2.30. The van der Waals surface area contributed by atoms with Crippen molar-refractivity contribution in [2.45, 2.75) is 46.2 Å². The van der Waals surface area contributed by atoms with Gasteiger partial charge in [0.2, 0.25) is 5.91 Å². The minimum Gasteiger partial charge on any atom is -0.370 e. The summed E-state index contributed by atoms with van der Waals surface area (Å²) in [5.74, 6) is -0.440. The molecule has 2 N–H and O–H groups in total. The Morgan fingerprint density at radius 3 is 2.53 bits per heavy atom. The molecule has 1 atom stereocenters. The predicted molar refractivity (Wildman–Crippen MR) is 135 cm³/mol. The number of benzene rings is 2. The standard InChI is InChI=1S/C27H29N5O4/c1-4-21(31(14-13-22(28)33)26(34)20-12-8-9-17(2)15-20)24-29-25-23(18(3)30-36-25)27(35)32(24)16-19-10-6-5-7-11-19/h5-12,15,21H,4,13-14,16H2,1-3H3,(H2,28,33). The van der Waals surface area contributed by atoms with Crippen LogP contribution in [0, 0.1) is 13.8 Å². The molecular weight excluding hydrogens is 458 g/mol. The van der Waals surface area contributed by atoms with Crippen LogP contribution in [0.5, 0.6) is 0 Å². The van der Waals surface area contributed by atoms with E-state index < -0.39 is 11.9 Å². The molecule has 0 saturated carbocycles. The molecule has 0 aliphatic carbocycles. The van der Waals surface area contributed by atoms with Crippen molar-refractivity contribution in [1.82, 2.24) is 19.6 Å². The van der Waals surface area contributed by atoms with Gasteiger partial charge in [-0.05, 0) is 38.0 Å². The number of hydrogen-bond acceptors (Lipinski definition) is 6. The largest absolute Gasteiger partial charge is 0.370 e. The van der Waals surface area contributed by atoms with Crippen LogP contribution in [0.2, 0.25) is 0 Å². The molecule has 0 aliphatic heterocycles. The molecule has 0 spiro atoms. The summed E-state index contributed by atoms with van der Waals surface area (Å²) < 4.78 is 6.92. The number of nitrogens with zero attached hydrogens (tertiary/aromatic N) is 4. The number of aryl methyl sites for hydroxylation is 2. The summed E-state index contributed by atoms with van der Waals surface area (Å²) in [5.41, 5.74) is 8.03. The van der Waals surface area contributed by atoms with Gasteiger partial charge in [-0.3, -0.25) is 19.0 Å². The Hall–Kier alpha value is -4.27. The lowest BCUT2D eigenvalue weighted by atomic mass is 10.1. The molecule has 0 fully saturated rings. The number of carbonyl (C=O) groups is 2. The maximum atomic E-state index is 13.7. The molecule has 9 nitrogen and oxygen atoms in total. The highest BCUT2D eigenvalue weighted by molar-refractivity contribution is 5.95. The van der Waals surface area contributed by atoms with Crippen LogP contribution >= 0.6 is 0 Å². The van der Waals surface area contributed by atoms with Gasteiger partial charge in [0.15, 0.2) is 0 Å². The van der Waals surface area contributed by atoms with Crippen LogP contribution in [0.4, 0.5) is 0 Å². The average molecular weight is 488 g/mol. The molecule has 186 valence electrons. The van der Waals surface area contributed by atoms with Crippen LogP contribution < -0.4 is 11.3 Å². The number of aromatic nitrogens is 3. The zero-order valence-corrected chi connectivity index (χ0v) is 20.6. The lowest BCUT2D eigenvalue weighted by Gasteiger charge is -2.32. The summed E-state index contributed by atoms with van der Waals surface area (Å²) in [4.78, 5) is 45.4. The molecule has 0 radical (unpaired) electrons. The van der Waals surface area contributed by atoms with Crippen LogP contribution in [-0.4, -0.2) is 38.0 Å². The van der Waals surface area contributed by atoms with Gasteiger partial charge in [0, 0.05) is 18.5 Å². The lowest BCUT2D eigenvalue weighted by molar-refractivity contribution is -0.118. The summed E-state index contributed by atoms with van der Waals surface area (Å²) >= 11 is 0. The fourth-order valence-corrected chi connectivity index (χ4v) is 4.37. The summed E-state index contributed by atoms with van der Waals surface area (Å²) in [6, 6.07) is 16.2. The first-order valence-electron chi connectivity index (χ1n) is 11.9. The molecule has 2 amide bonds. The fourth-order valence-electron chi connectivity index (χ4n) is 4.37. The van der Waals surface area contributed by atoms with Crippen LogP contribution in [0.3, 0.4) is 0 Å². The predicted octanol–water partition coefficient (Wildman–Crippen LogP) is 3.52. The zero-order valence-electron chi connectivity index (χ0n) is 20.6.